The molecule has 2 aromatic heterocycles. The molecule has 0 atom stereocenters. The molecule has 0 saturated carbocycles. The SMILES string of the molecule is Cc1cc(C)n(-c2ccc3cccc(Br)c3n2)n1. The van der Waals surface area contributed by atoms with Gasteiger partial charge in [0.05, 0.1) is 11.2 Å². The first kappa shape index (κ1) is 11.4. The van der Waals surface area contributed by atoms with Crippen LogP contribution >= 0.6 is 15.9 Å². The third-order valence-corrected chi connectivity index (χ3v) is 3.52. The van der Waals surface area contributed by atoms with E-state index >= 15 is 0 Å². The number of nitrogens with zero attached hydrogens (tertiary/aromatic N) is 3. The number of rotatable bonds is 1. The Bertz CT molecular complexity index is 731. The van der Waals surface area contributed by atoms with Crippen LogP contribution in [-0.4, -0.2) is 14.8 Å². The molecule has 0 amide bonds. The maximum absolute atomic E-state index is 4.67. The smallest absolute Gasteiger partial charge is 0.154 e. The van der Waals surface area contributed by atoms with E-state index in [0.717, 1.165) is 32.6 Å². The van der Waals surface area contributed by atoms with Crippen LogP contribution < -0.4 is 0 Å². The highest BCUT2D eigenvalue weighted by Crippen LogP contribution is 2.23. The van der Waals surface area contributed by atoms with Gasteiger partial charge in [-0.3, -0.25) is 0 Å². The van der Waals surface area contributed by atoms with E-state index in [1.807, 2.05) is 42.8 Å². The van der Waals surface area contributed by atoms with E-state index in [4.69, 9.17) is 0 Å². The lowest BCUT2D eigenvalue weighted by atomic mass is 10.2. The fraction of sp³-hybridized carbons (Fsp3) is 0.143. The molecule has 0 fully saturated rings. The first-order chi connectivity index (χ1) is 8.65. The Hall–Kier alpha value is -1.68. The van der Waals surface area contributed by atoms with Crippen LogP contribution in [0, 0.1) is 13.8 Å². The monoisotopic (exact) mass is 301 g/mol. The molecular weight excluding hydrogens is 290 g/mol. The van der Waals surface area contributed by atoms with Crippen LogP contribution in [0.5, 0.6) is 0 Å². The summed E-state index contributed by atoms with van der Waals surface area (Å²) in [6.07, 6.45) is 0. The van der Waals surface area contributed by atoms with Crippen molar-refractivity contribution in [3.63, 3.8) is 0 Å². The van der Waals surface area contributed by atoms with E-state index in [1.165, 1.54) is 0 Å². The van der Waals surface area contributed by atoms with Crippen molar-refractivity contribution in [1.29, 1.82) is 0 Å². The van der Waals surface area contributed by atoms with Gasteiger partial charge in [-0.15, -0.1) is 0 Å². The Balaban J connectivity index is 2.25. The molecule has 0 radical (unpaired) electrons. The van der Waals surface area contributed by atoms with Crippen molar-refractivity contribution in [2.45, 2.75) is 13.8 Å². The number of para-hydroxylation sites is 1. The molecule has 3 rings (SSSR count). The predicted molar refractivity (Wildman–Crippen MR) is 76.0 cm³/mol. The van der Waals surface area contributed by atoms with Crippen molar-refractivity contribution in [1.82, 2.24) is 14.8 Å². The summed E-state index contributed by atoms with van der Waals surface area (Å²) >= 11 is 3.54. The Morgan fingerprint density at radius 3 is 2.67 bits per heavy atom. The predicted octanol–water partition coefficient (Wildman–Crippen LogP) is 3.80. The normalized spacial score (nSPS) is 11.1. The molecule has 0 saturated heterocycles. The van der Waals surface area contributed by atoms with Gasteiger partial charge >= 0.3 is 0 Å². The van der Waals surface area contributed by atoms with Gasteiger partial charge in [0.25, 0.3) is 0 Å². The van der Waals surface area contributed by atoms with E-state index in [1.54, 1.807) is 0 Å². The van der Waals surface area contributed by atoms with Crippen molar-refractivity contribution < 1.29 is 0 Å². The number of hydrogen-bond acceptors (Lipinski definition) is 2. The molecule has 1 aromatic carbocycles. The fourth-order valence-corrected chi connectivity index (χ4v) is 2.55. The summed E-state index contributed by atoms with van der Waals surface area (Å²) in [6, 6.07) is 12.2. The largest absolute Gasteiger partial charge is 0.227 e. The van der Waals surface area contributed by atoms with Crippen molar-refractivity contribution >= 4 is 26.8 Å². The van der Waals surface area contributed by atoms with Crippen LogP contribution in [0.3, 0.4) is 0 Å². The van der Waals surface area contributed by atoms with Gasteiger partial charge in [0, 0.05) is 15.6 Å². The van der Waals surface area contributed by atoms with Gasteiger partial charge in [-0.25, -0.2) is 9.67 Å². The first-order valence-corrected chi connectivity index (χ1v) is 6.53. The van der Waals surface area contributed by atoms with Gasteiger partial charge in [-0.05, 0) is 54.0 Å². The Morgan fingerprint density at radius 2 is 1.94 bits per heavy atom. The van der Waals surface area contributed by atoms with Crippen molar-refractivity contribution in [2.75, 3.05) is 0 Å². The number of halogens is 1. The second-order valence-corrected chi connectivity index (χ2v) is 5.17. The van der Waals surface area contributed by atoms with Crippen molar-refractivity contribution in [3.8, 4) is 5.82 Å². The van der Waals surface area contributed by atoms with Crippen molar-refractivity contribution in [3.05, 3.63) is 52.3 Å². The van der Waals surface area contributed by atoms with Gasteiger partial charge in [0.2, 0.25) is 0 Å². The number of hydrogen-bond donors (Lipinski definition) is 0. The molecule has 18 heavy (non-hydrogen) atoms. The molecule has 0 aliphatic carbocycles. The van der Waals surface area contributed by atoms with Crippen LogP contribution in [0.4, 0.5) is 0 Å². The van der Waals surface area contributed by atoms with Gasteiger partial charge in [-0.2, -0.15) is 5.10 Å². The highest BCUT2D eigenvalue weighted by atomic mass is 79.9. The number of pyridine rings is 1. The number of aryl methyl sites for hydroxylation is 2. The lowest BCUT2D eigenvalue weighted by Gasteiger charge is -2.06. The summed E-state index contributed by atoms with van der Waals surface area (Å²) in [7, 11) is 0. The Labute approximate surface area is 114 Å². The number of aromatic nitrogens is 3. The zero-order chi connectivity index (χ0) is 12.7. The standard InChI is InChI=1S/C14H12BrN3/c1-9-8-10(2)18(17-9)13-7-6-11-4-3-5-12(15)14(11)16-13/h3-8H,1-2H3. The maximum atomic E-state index is 4.67. The third kappa shape index (κ3) is 1.82. The summed E-state index contributed by atoms with van der Waals surface area (Å²) in [6.45, 7) is 4.02. The molecule has 0 N–H and O–H groups in total. The first-order valence-electron chi connectivity index (χ1n) is 5.74. The summed E-state index contributed by atoms with van der Waals surface area (Å²) in [4.78, 5) is 4.67. The molecule has 0 unspecified atom stereocenters. The summed E-state index contributed by atoms with van der Waals surface area (Å²) < 4.78 is 2.87. The molecule has 0 bridgehead atoms. The van der Waals surface area contributed by atoms with Crippen molar-refractivity contribution in [2.24, 2.45) is 0 Å². The van der Waals surface area contributed by atoms with Crippen LogP contribution in [0.25, 0.3) is 16.7 Å². The van der Waals surface area contributed by atoms with Gasteiger partial charge < -0.3 is 0 Å². The van der Waals surface area contributed by atoms with E-state index in [9.17, 15) is 0 Å². The molecule has 3 nitrogen and oxygen atoms in total. The minimum Gasteiger partial charge on any atom is -0.227 e. The summed E-state index contributed by atoms with van der Waals surface area (Å²) in [5, 5.41) is 5.58. The average Bonchev–Trinajstić information content (AvgIpc) is 2.69. The number of benzene rings is 1. The minimum absolute atomic E-state index is 0.847. The van der Waals surface area contributed by atoms with Gasteiger partial charge in [-0.1, -0.05) is 12.1 Å². The molecule has 0 spiro atoms. The van der Waals surface area contributed by atoms with Gasteiger partial charge in [0.1, 0.15) is 0 Å². The van der Waals surface area contributed by atoms with E-state index < -0.39 is 0 Å². The van der Waals surface area contributed by atoms with Gasteiger partial charge in [0.15, 0.2) is 5.82 Å². The molecule has 0 aliphatic heterocycles. The Morgan fingerprint density at radius 1 is 1.11 bits per heavy atom. The molecule has 2 heterocycles. The van der Waals surface area contributed by atoms with Crippen LogP contribution in [0.1, 0.15) is 11.4 Å². The third-order valence-electron chi connectivity index (χ3n) is 2.88. The molecule has 0 aliphatic rings. The minimum atomic E-state index is 0.847. The van der Waals surface area contributed by atoms with Crippen LogP contribution in [0.2, 0.25) is 0 Å². The second-order valence-electron chi connectivity index (χ2n) is 4.32. The quantitative estimate of drug-likeness (QED) is 0.684. The fourth-order valence-electron chi connectivity index (χ4n) is 2.08. The topological polar surface area (TPSA) is 30.7 Å². The van der Waals surface area contributed by atoms with E-state index in [0.29, 0.717) is 0 Å². The highest BCUT2D eigenvalue weighted by Gasteiger charge is 2.07. The average molecular weight is 302 g/mol. The lowest BCUT2D eigenvalue weighted by molar-refractivity contribution is 0.810. The Kier molecular flexibility index (Phi) is 2.67. The maximum Gasteiger partial charge on any atom is 0.154 e. The highest BCUT2D eigenvalue weighted by molar-refractivity contribution is 9.10. The lowest BCUT2D eigenvalue weighted by Crippen LogP contribution is -2.01. The molecule has 4 heteroatoms. The molecule has 3 aromatic rings. The van der Waals surface area contributed by atoms with E-state index in [-0.39, 0.29) is 0 Å². The molecular formula is C14H12BrN3. The second kappa shape index (κ2) is 4.21. The zero-order valence-electron chi connectivity index (χ0n) is 10.2. The number of fused-ring (bicyclic) bond motifs is 1. The summed E-state index contributed by atoms with van der Waals surface area (Å²) in [5.74, 6) is 0.847. The van der Waals surface area contributed by atoms with Crippen LogP contribution in [0.15, 0.2) is 40.9 Å². The molecule has 90 valence electrons. The summed E-state index contributed by atoms with van der Waals surface area (Å²) in [5.41, 5.74) is 3.05. The van der Waals surface area contributed by atoms with Crippen LogP contribution in [-0.2, 0) is 0 Å². The zero-order valence-corrected chi connectivity index (χ0v) is 11.8. The van der Waals surface area contributed by atoms with E-state index in [2.05, 4.69) is 38.1 Å².